The lowest BCUT2D eigenvalue weighted by Crippen LogP contribution is -2.05. The molecule has 1 rings (SSSR count). The van der Waals surface area contributed by atoms with Crippen LogP contribution < -0.4 is 19.6 Å². The Morgan fingerprint density at radius 3 is 2.25 bits per heavy atom. The summed E-state index contributed by atoms with van der Waals surface area (Å²) in [5.41, 5.74) is -0.400. The number of hydrogen-bond donors (Lipinski definition) is 0. The van der Waals surface area contributed by atoms with Gasteiger partial charge in [0.1, 0.15) is 5.75 Å². The summed E-state index contributed by atoms with van der Waals surface area (Å²) in [6.07, 6.45) is 0. The van der Waals surface area contributed by atoms with Crippen molar-refractivity contribution in [2.75, 3.05) is 14.2 Å². The Morgan fingerprint density at radius 2 is 1.75 bits per heavy atom. The van der Waals surface area contributed by atoms with Crippen LogP contribution in [-0.4, -0.2) is 20.2 Å². The highest BCUT2D eigenvalue weighted by molar-refractivity contribution is 5.69. The van der Waals surface area contributed by atoms with Crippen LogP contribution in [0.3, 0.4) is 0 Å². The van der Waals surface area contributed by atoms with E-state index in [9.17, 15) is 9.59 Å². The fraction of sp³-hybridized carbons (Fsp3) is 0.273. The van der Waals surface area contributed by atoms with E-state index in [0.29, 0.717) is 0 Å². The molecule has 0 aliphatic rings. The maximum Gasteiger partial charge on any atom is 0.308 e. The second kappa shape index (κ2) is 5.16. The lowest BCUT2D eigenvalue weighted by Gasteiger charge is -1.98. The molecule has 5 heteroatoms. The van der Waals surface area contributed by atoms with Gasteiger partial charge in [-0.25, -0.2) is 0 Å². The van der Waals surface area contributed by atoms with Crippen molar-refractivity contribution in [2.45, 2.75) is 6.92 Å². The zero-order chi connectivity index (χ0) is 12.1. The molecule has 0 aromatic heterocycles. The third-order valence-corrected chi connectivity index (χ3v) is 1.82. The van der Waals surface area contributed by atoms with Gasteiger partial charge in [0.25, 0.3) is 5.43 Å². The van der Waals surface area contributed by atoms with Gasteiger partial charge in [0, 0.05) is 13.0 Å². The Hall–Kier alpha value is -2.04. The van der Waals surface area contributed by atoms with Crippen molar-refractivity contribution in [1.82, 2.24) is 0 Å². The first-order valence-corrected chi connectivity index (χ1v) is 4.53. The second-order valence-corrected chi connectivity index (χ2v) is 2.94. The van der Waals surface area contributed by atoms with Gasteiger partial charge >= 0.3 is 5.97 Å². The van der Waals surface area contributed by atoms with E-state index < -0.39 is 11.4 Å². The van der Waals surface area contributed by atoms with E-state index in [1.807, 2.05) is 0 Å². The van der Waals surface area contributed by atoms with Gasteiger partial charge in [-0.3, -0.25) is 9.59 Å². The minimum absolute atomic E-state index is 0.0538. The lowest BCUT2D eigenvalue weighted by atomic mass is 10.4. The van der Waals surface area contributed by atoms with E-state index in [0.717, 1.165) is 0 Å². The Bertz CT molecular complexity index is 453. The maximum absolute atomic E-state index is 11.7. The smallest absolute Gasteiger partial charge is 0.308 e. The Kier molecular flexibility index (Phi) is 3.88. The SMILES string of the molecule is COc1ccc(OC(C)=O)cc(OC)c1=O. The molecule has 0 atom stereocenters. The van der Waals surface area contributed by atoms with Crippen molar-refractivity contribution >= 4 is 5.97 Å². The van der Waals surface area contributed by atoms with Crippen molar-refractivity contribution in [3.8, 4) is 17.2 Å². The average molecular weight is 224 g/mol. The molecule has 1 aromatic carbocycles. The molecule has 0 aliphatic carbocycles. The van der Waals surface area contributed by atoms with Gasteiger partial charge in [0.15, 0.2) is 11.5 Å². The summed E-state index contributed by atoms with van der Waals surface area (Å²) in [4.78, 5) is 22.5. The Labute approximate surface area is 92.6 Å². The highest BCUT2D eigenvalue weighted by Crippen LogP contribution is 2.18. The molecule has 0 radical (unpaired) electrons. The van der Waals surface area contributed by atoms with Crippen molar-refractivity contribution in [2.24, 2.45) is 0 Å². The van der Waals surface area contributed by atoms with E-state index in [2.05, 4.69) is 0 Å². The van der Waals surface area contributed by atoms with Gasteiger partial charge in [-0.05, 0) is 12.1 Å². The number of carbonyl (C=O) groups excluding carboxylic acids is 1. The molecule has 0 N–H and O–H groups in total. The standard InChI is InChI=1S/C11H12O5/c1-7(12)16-8-4-5-9(14-2)11(13)10(6-8)15-3/h4-6H,1-3H3. The molecular formula is C11H12O5. The molecule has 86 valence electrons. The summed E-state index contributed by atoms with van der Waals surface area (Å²) in [6.45, 7) is 1.27. The Morgan fingerprint density at radius 1 is 1.12 bits per heavy atom. The number of hydrogen-bond acceptors (Lipinski definition) is 5. The number of ether oxygens (including phenoxy) is 3. The van der Waals surface area contributed by atoms with E-state index in [-0.39, 0.29) is 17.2 Å². The zero-order valence-corrected chi connectivity index (χ0v) is 9.27. The number of esters is 1. The van der Waals surface area contributed by atoms with Crippen molar-refractivity contribution in [3.05, 3.63) is 28.4 Å². The number of rotatable bonds is 3. The quantitative estimate of drug-likeness (QED) is 0.716. The topological polar surface area (TPSA) is 61.8 Å². The van der Waals surface area contributed by atoms with Crippen LogP contribution in [0.5, 0.6) is 17.2 Å². The van der Waals surface area contributed by atoms with Crippen LogP contribution in [0.2, 0.25) is 0 Å². The van der Waals surface area contributed by atoms with Gasteiger partial charge in [-0.2, -0.15) is 0 Å². The van der Waals surface area contributed by atoms with E-state index in [1.54, 1.807) is 0 Å². The molecule has 0 spiro atoms. The average Bonchev–Trinajstić information content (AvgIpc) is 2.38. The van der Waals surface area contributed by atoms with Crippen LogP contribution in [0.25, 0.3) is 0 Å². The van der Waals surface area contributed by atoms with Crippen LogP contribution in [-0.2, 0) is 4.79 Å². The molecule has 0 unspecified atom stereocenters. The molecule has 0 aliphatic heterocycles. The predicted molar refractivity (Wildman–Crippen MR) is 57.1 cm³/mol. The van der Waals surface area contributed by atoms with Crippen LogP contribution in [0.15, 0.2) is 23.0 Å². The van der Waals surface area contributed by atoms with Crippen molar-refractivity contribution in [1.29, 1.82) is 0 Å². The first kappa shape index (κ1) is 12.0. The molecule has 0 bridgehead atoms. The fourth-order valence-corrected chi connectivity index (χ4v) is 1.14. The minimum atomic E-state index is -0.473. The molecule has 0 heterocycles. The third-order valence-electron chi connectivity index (χ3n) is 1.82. The van der Waals surface area contributed by atoms with Gasteiger partial charge < -0.3 is 14.2 Å². The van der Waals surface area contributed by atoms with E-state index in [4.69, 9.17) is 14.2 Å². The number of methoxy groups -OCH3 is 2. The third kappa shape index (κ3) is 2.73. The molecule has 16 heavy (non-hydrogen) atoms. The summed E-state index contributed by atoms with van der Waals surface area (Å²) < 4.78 is 14.6. The lowest BCUT2D eigenvalue weighted by molar-refractivity contribution is -0.131. The van der Waals surface area contributed by atoms with E-state index in [1.165, 1.54) is 39.3 Å². The molecule has 0 fully saturated rings. The summed E-state index contributed by atoms with van der Waals surface area (Å²) in [5.74, 6) is -0.0715. The fourth-order valence-electron chi connectivity index (χ4n) is 1.14. The highest BCUT2D eigenvalue weighted by atomic mass is 16.5. The first-order valence-electron chi connectivity index (χ1n) is 4.53. The normalized spacial score (nSPS) is 9.44. The van der Waals surface area contributed by atoms with Crippen molar-refractivity contribution < 1.29 is 19.0 Å². The zero-order valence-electron chi connectivity index (χ0n) is 9.27. The van der Waals surface area contributed by atoms with Crippen molar-refractivity contribution in [3.63, 3.8) is 0 Å². The minimum Gasteiger partial charge on any atom is -0.493 e. The summed E-state index contributed by atoms with van der Waals surface area (Å²) >= 11 is 0. The highest BCUT2D eigenvalue weighted by Gasteiger charge is 2.07. The monoisotopic (exact) mass is 224 g/mol. The second-order valence-electron chi connectivity index (χ2n) is 2.94. The Balaban J connectivity index is 3.33. The van der Waals surface area contributed by atoms with Gasteiger partial charge in [0.2, 0.25) is 0 Å². The molecule has 0 amide bonds. The van der Waals surface area contributed by atoms with Gasteiger partial charge in [0.05, 0.1) is 14.2 Å². The molecule has 1 aromatic rings. The van der Waals surface area contributed by atoms with Crippen LogP contribution >= 0.6 is 0 Å². The largest absolute Gasteiger partial charge is 0.493 e. The van der Waals surface area contributed by atoms with Crippen LogP contribution in [0.4, 0.5) is 0 Å². The van der Waals surface area contributed by atoms with E-state index >= 15 is 0 Å². The van der Waals surface area contributed by atoms with Crippen LogP contribution in [0, 0.1) is 0 Å². The number of carbonyl (C=O) groups is 1. The molecule has 5 nitrogen and oxygen atoms in total. The predicted octanol–water partition coefficient (Wildman–Crippen LogP) is 0.989. The van der Waals surface area contributed by atoms with Gasteiger partial charge in [-0.1, -0.05) is 0 Å². The first-order chi connectivity index (χ1) is 7.58. The van der Waals surface area contributed by atoms with Crippen LogP contribution in [0.1, 0.15) is 6.92 Å². The summed E-state index contributed by atoms with van der Waals surface area (Å²) in [6, 6.07) is 4.22. The summed E-state index contributed by atoms with van der Waals surface area (Å²) in [7, 11) is 2.73. The molecular weight excluding hydrogens is 212 g/mol. The van der Waals surface area contributed by atoms with Gasteiger partial charge in [-0.15, -0.1) is 0 Å². The maximum atomic E-state index is 11.7. The molecule has 0 saturated carbocycles. The summed E-state index contributed by atoms with van der Waals surface area (Å²) in [5, 5.41) is 0. The molecule has 0 saturated heterocycles.